The van der Waals surface area contributed by atoms with Crippen LogP contribution in [0.1, 0.15) is 0 Å². The van der Waals surface area contributed by atoms with Crippen LogP contribution in [0.4, 0.5) is 0 Å². The molecule has 0 saturated carbocycles. The fourth-order valence-corrected chi connectivity index (χ4v) is 3.03. The Bertz CT molecular complexity index is 238. The van der Waals surface area contributed by atoms with Gasteiger partial charge in [0.05, 0.1) is 39.3 Å². The molecule has 12 N–H and O–H groups in total. The van der Waals surface area contributed by atoms with Crippen LogP contribution in [0.15, 0.2) is 0 Å². The first-order valence-corrected chi connectivity index (χ1v) is 8.57. The highest BCUT2D eigenvalue weighted by Gasteiger charge is 2.30. The SMILES string of the molecule is [NH3+]C12CNCCNCC([NH3+])(CNCCNC1)CNCCNC2. The second-order valence-corrected chi connectivity index (χ2v) is 7.06. The van der Waals surface area contributed by atoms with Crippen LogP contribution in [0.2, 0.25) is 0 Å². The summed E-state index contributed by atoms with van der Waals surface area (Å²) in [6.07, 6.45) is 0. The summed E-state index contributed by atoms with van der Waals surface area (Å²) in [4.78, 5) is 0. The molecule has 3 fully saturated rings. The highest BCUT2D eigenvalue weighted by atomic mass is 15.1. The first-order valence-electron chi connectivity index (χ1n) is 8.57. The van der Waals surface area contributed by atoms with Crippen LogP contribution in [0.3, 0.4) is 0 Å². The molecule has 3 heterocycles. The van der Waals surface area contributed by atoms with E-state index in [1.807, 2.05) is 0 Å². The molecule has 0 radical (unpaired) electrons. The van der Waals surface area contributed by atoms with Gasteiger partial charge in [0.15, 0.2) is 0 Å². The van der Waals surface area contributed by atoms with Gasteiger partial charge in [0.2, 0.25) is 0 Å². The molecule has 2 bridgehead atoms. The summed E-state index contributed by atoms with van der Waals surface area (Å²) in [5.74, 6) is 0. The topological polar surface area (TPSA) is 127 Å². The van der Waals surface area contributed by atoms with Crippen LogP contribution in [0, 0.1) is 0 Å². The number of hydrogen-bond acceptors (Lipinski definition) is 6. The molecule has 0 amide bonds. The van der Waals surface area contributed by atoms with Crippen molar-refractivity contribution in [3.8, 4) is 0 Å². The lowest BCUT2D eigenvalue weighted by Crippen LogP contribution is -2.84. The molecule has 8 heteroatoms. The zero-order valence-electron chi connectivity index (χ0n) is 13.9. The van der Waals surface area contributed by atoms with Crippen LogP contribution >= 0.6 is 0 Å². The van der Waals surface area contributed by atoms with Gasteiger partial charge in [-0.3, -0.25) is 0 Å². The van der Waals surface area contributed by atoms with E-state index in [4.69, 9.17) is 0 Å². The maximum Gasteiger partial charge on any atom is 0.132 e. The highest BCUT2D eigenvalue weighted by Crippen LogP contribution is 1.96. The van der Waals surface area contributed by atoms with Crippen LogP contribution in [0.5, 0.6) is 0 Å². The monoisotopic (exact) mass is 316 g/mol. The summed E-state index contributed by atoms with van der Waals surface area (Å²) in [7, 11) is 0. The van der Waals surface area contributed by atoms with E-state index in [1.165, 1.54) is 0 Å². The van der Waals surface area contributed by atoms with Crippen molar-refractivity contribution < 1.29 is 11.5 Å². The van der Waals surface area contributed by atoms with E-state index in [-0.39, 0.29) is 11.1 Å². The molecule has 0 unspecified atom stereocenters. The van der Waals surface area contributed by atoms with Crippen molar-refractivity contribution in [2.45, 2.75) is 11.1 Å². The minimum Gasteiger partial charge on any atom is -0.350 e. The lowest BCUT2D eigenvalue weighted by atomic mass is 9.99. The van der Waals surface area contributed by atoms with Crippen molar-refractivity contribution in [1.29, 1.82) is 0 Å². The van der Waals surface area contributed by atoms with Gasteiger partial charge in [0, 0.05) is 39.3 Å². The zero-order chi connectivity index (χ0) is 15.7. The number of fused-ring (bicyclic) bond motifs is 15. The van der Waals surface area contributed by atoms with Crippen molar-refractivity contribution in [3.05, 3.63) is 0 Å². The normalized spacial score (nSPS) is 37.4. The summed E-state index contributed by atoms with van der Waals surface area (Å²) in [6, 6.07) is 0. The zero-order valence-corrected chi connectivity index (χ0v) is 13.9. The molecule has 3 saturated heterocycles. The van der Waals surface area contributed by atoms with Gasteiger partial charge >= 0.3 is 0 Å². The second-order valence-electron chi connectivity index (χ2n) is 7.06. The minimum atomic E-state index is -0.00962. The van der Waals surface area contributed by atoms with Gasteiger partial charge in [0.25, 0.3) is 0 Å². The average Bonchev–Trinajstić information content (AvgIpc) is 2.49. The molecule has 3 aliphatic heterocycles. The fourth-order valence-electron chi connectivity index (χ4n) is 3.03. The van der Waals surface area contributed by atoms with Crippen LogP contribution in [-0.2, 0) is 0 Å². The number of nitrogens with one attached hydrogen (secondary N) is 6. The van der Waals surface area contributed by atoms with Gasteiger partial charge in [0.1, 0.15) is 11.1 Å². The Hall–Kier alpha value is -0.320. The molecular weight excluding hydrogens is 280 g/mol. The quantitative estimate of drug-likeness (QED) is 0.225. The first-order chi connectivity index (χ1) is 10.6. The molecule has 0 aliphatic carbocycles. The van der Waals surface area contributed by atoms with E-state index in [2.05, 4.69) is 43.4 Å². The van der Waals surface area contributed by atoms with Gasteiger partial charge in [-0.05, 0) is 0 Å². The molecule has 0 spiro atoms. The second kappa shape index (κ2) is 9.09. The third-order valence-corrected chi connectivity index (χ3v) is 4.44. The van der Waals surface area contributed by atoms with Crippen LogP contribution < -0.4 is 43.4 Å². The van der Waals surface area contributed by atoms with Gasteiger partial charge in [-0.2, -0.15) is 0 Å². The highest BCUT2D eigenvalue weighted by molar-refractivity contribution is 4.88. The summed E-state index contributed by atoms with van der Waals surface area (Å²) in [6.45, 7) is 11.3. The smallest absolute Gasteiger partial charge is 0.132 e. The Morgan fingerprint density at radius 1 is 0.409 bits per heavy atom. The average molecular weight is 316 g/mol. The van der Waals surface area contributed by atoms with E-state index in [9.17, 15) is 0 Å². The molecule has 0 aromatic rings. The molecule has 3 rings (SSSR count). The van der Waals surface area contributed by atoms with E-state index in [0.29, 0.717) is 0 Å². The lowest BCUT2D eigenvalue weighted by molar-refractivity contribution is -0.472. The van der Waals surface area contributed by atoms with Gasteiger partial charge in [-0.15, -0.1) is 0 Å². The molecule has 0 aromatic carbocycles. The minimum absolute atomic E-state index is 0.00962. The number of hydrogen-bond donors (Lipinski definition) is 8. The summed E-state index contributed by atoms with van der Waals surface area (Å²) in [5, 5.41) is 21.3. The molecule has 3 aliphatic rings. The maximum atomic E-state index is 4.46. The number of rotatable bonds is 0. The molecule has 130 valence electrons. The van der Waals surface area contributed by atoms with E-state index < -0.39 is 0 Å². The molecular formula is C14H36N8+2. The Balaban J connectivity index is 2.03. The molecule has 22 heavy (non-hydrogen) atoms. The van der Waals surface area contributed by atoms with E-state index >= 15 is 0 Å². The van der Waals surface area contributed by atoms with Gasteiger partial charge < -0.3 is 43.4 Å². The molecule has 8 nitrogen and oxygen atoms in total. The third-order valence-electron chi connectivity index (χ3n) is 4.44. The van der Waals surface area contributed by atoms with E-state index in [0.717, 1.165) is 78.5 Å². The standard InChI is InChI=1S/C14H34N8/c15-13-7-17-1-2-18-8-14(16,11-21-5-3-19-9-13)12-22-6-4-20-10-13/h17-22H,1-12,15-16H2/p+2. The first kappa shape index (κ1) is 18.0. The van der Waals surface area contributed by atoms with Gasteiger partial charge in [-0.25, -0.2) is 0 Å². The van der Waals surface area contributed by atoms with Gasteiger partial charge in [-0.1, -0.05) is 0 Å². The Labute approximate surface area is 133 Å². The van der Waals surface area contributed by atoms with Crippen molar-refractivity contribution >= 4 is 0 Å². The molecule has 0 aromatic heterocycles. The predicted octanol–water partition coefficient (Wildman–Crippen LogP) is -5.49. The van der Waals surface area contributed by atoms with Crippen molar-refractivity contribution in [2.24, 2.45) is 0 Å². The lowest BCUT2D eigenvalue weighted by Gasteiger charge is -2.31. The fraction of sp³-hybridized carbons (Fsp3) is 1.00. The van der Waals surface area contributed by atoms with Crippen LogP contribution in [-0.4, -0.2) is 89.6 Å². The molecule has 0 atom stereocenters. The number of quaternary nitrogens is 2. The Morgan fingerprint density at radius 3 is 0.773 bits per heavy atom. The summed E-state index contributed by atoms with van der Waals surface area (Å²) in [5.41, 5.74) is 8.90. The summed E-state index contributed by atoms with van der Waals surface area (Å²) < 4.78 is 0. The Morgan fingerprint density at radius 2 is 0.591 bits per heavy atom. The maximum absolute atomic E-state index is 4.46. The van der Waals surface area contributed by atoms with E-state index in [1.54, 1.807) is 0 Å². The van der Waals surface area contributed by atoms with Crippen molar-refractivity contribution in [1.82, 2.24) is 31.9 Å². The van der Waals surface area contributed by atoms with Crippen LogP contribution in [0.25, 0.3) is 0 Å². The Kier molecular flexibility index (Phi) is 7.45. The largest absolute Gasteiger partial charge is 0.350 e. The predicted molar refractivity (Wildman–Crippen MR) is 88.5 cm³/mol. The van der Waals surface area contributed by atoms with Crippen molar-refractivity contribution in [2.75, 3.05) is 78.5 Å². The van der Waals surface area contributed by atoms with Crippen molar-refractivity contribution in [3.63, 3.8) is 0 Å². The summed E-state index contributed by atoms with van der Waals surface area (Å²) >= 11 is 0. The third kappa shape index (κ3) is 6.43.